The van der Waals surface area contributed by atoms with Gasteiger partial charge < -0.3 is 4.74 Å². The smallest absolute Gasteiger partial charge is 0.161 e. The van der Waals surface area contributed by atoms with Crippen molar-refractivity contribution in [2.24, 2.45) is 11.8 Å². The second kappa shape index (κ2) is 3.15. The number of Topliss-reactive ketones (excluding diaryl/α,β-unsaturated/α-hetero) is 1. The number of ether oxygens (including phenoxy) is 1. The van der Waals surface area contributed by atoms with E-state index in [0.717, 1.165) is 18.8 Å². The zero-order valence-electron chi connectivity index (χ0n) is 6.59. The summed E-state index contributed by atoms with van der Waals surface area (Å²) in [6.07, 6.45) is 2.14. The van der Waals surface area contributed by atoms with E-state index in [-0.39, 0.29) is 5.78 Å². The molecule has 1 aliphatic carbocycles. The lowest BCUT2D eigenvalue weighted by atomic mass is 9.74. The van der Waals surface area contributed by atoms with Gasteiger partial charge in [-0.2, -0.15) is 0 Å². The van der Waals surface area contributed by atoms with E-state index in [1.807, 2.05) is 0 Å². The number of carbonyl (C=O) groups is 1. The van der Waals surface area contributed by atoms with E-state index >= 15 is 0 Å². The number of methoxy groups -OCH3 is 1. The average molecular weight is 142 g/mol. The van der Waals surface area contributed by atoms with Crippen molar-refractivity contribution in [3.05, 3.63) is 0 Å². The summed E-state index contributed by atoms with van der Waals surface area (Å²) >= 11 is 0. The molecule has 1 saturated carbocycles. The molecule has 0 atom stereocenters. The van der Waals surface area contributed by atoms with Gasteiger partial charge in [-0.05, 0) is 18.8 Å². The topological polar surface area (TPSA) is 26.3 Å². The lowest BCUT2D eigenvalue weighted by Gasteiger charge is -2.30. The molecule has 0 N–H and O–H groups in total. The van der Waals surface area contributed by atoms with Crippen LogP contribution in [0.5, 0.6) is 0 Å². The van der Waals surface area contributed by atoms with E-state index in [1.165, 1.54) is 0 Å². The highest BCUT2D eigenvalue weighted by atomic mass is 16.5. The van der Waals surface area contributed by atoms with Crippen molar-refractivity contribution in [2.75, 3.05) is 13.7 Å². The van der Waals surface area contributed by atoms with Gasteiger partial charge in [0.25, 0.3) is 0 Å². The Balaban J connectivity index is 2.18. The second-order valence-corrected chi connectivity index (χ2v) is 3.17. The minimum Gasteiger partial charge on any atom is -0.377 e. The minimum atomic E-state index is 0.278. The summed E-state index contributed by atoms with van der Waals surface area (Å²) in [7, 11) is 1.57. The van der Waals surface area contributed by atoms with E-state index in [2.05, 4.69) is 6.92 Å². The number of carbonyl (C=O) groups excluding carboxylic acids is 1. The van der Waals surface area contributed by atoms with Crippen molar-refractivity contribution in [1.82, 2.24) is 0 Å². The molecule has 0 amide bonds. The molecule has 0 heterocycles. The Morgan fingerprint density at radius 1 is 1.60 bits per heavy atom. The molecule has 1 aliphatic rings. The van der Waals surface area contributed by atoms with Crippen LogP contribution < -0.4 is 0 Å². The van der Waals surface area contributed by atoms with Gasteiger partial charge in [-0.3, -0.25) is 4.79 Å². The van der Waals surface area contributed by atoms with Crippen molar-refractivity contribution >= 4 is 5.78 Å². The predicted molar refractivity (Wildman–Crippen MR) is 38.8 cm³/mol. The number of hydrogen-bond donors (Lipinski definition) is 0. The molecule has 0 bridgehead atoms. The maximum atomic E-state index is 11.0. The molecule has 2 nitrogen and oxygen atoms in total. The first kappa shape index (κ1) is 7.73. The van der Waals surface area contributed by atoms with Crippen LogP contribution in [0.15, 0.2) is 0 Å². The average Bonchev–Trinajstić information content (AvgIpc) is 1.82. The van der Waals surface area contributed by atoms with E-state index in [0.29, 0.717) is 12.5 Å². The maximum absolute atomic E-state index is 11.0. The molecule has 0 aromatic heterocycles. The molecule has 10 heavy (non-hydrogen) atoms. The van der Waals surface area contributed by atoms with Crippen LogP contribution in [0.1, 0.15) is 19.8 Å². The lowest BCUT2D eigenvalue weighted by Crippen LogP contribution is -2.30. The van der Waals surface area contributed by atoms with E-state index in [4.69, 9.17) is 4.74 Å². The van der Waals surface area contributed by atoms with E-state index in [9.17, 15) is 4.79 Å². The van der Waals surface area contributed by atoms with E-state index < -0.39 is 0 Å². The molecular formula is C8H14O2. The Morgan fingerprint density at radius 2 is 2.20 bits per heavy atom. The quantitative estimate of drug-likeness (QED) is 0.592. The first-order valence-electron chi connectivity index (χ1n) is 3.75. The summed E-state index contributed by atoms with van der Waals surface area (Å²) in [6, 6.07) is 0. The van der Waals surface area contributed by atoms with Crippen molar-refractivity contribution in [3.8, 4) is 0 Å². The highest BCUT2D eigenvalue weighted by Crippen LogP contribution is 2.33. The van der Waals surface area contributed by atoms with Crippen LogP contribution in [0.25, 0.3) is 0 Å². The molecule has 0 unspecified atom stereocenters. The zero-order valence-corrected chi connectivity index (χ0v) is 6.59. The van der Waals surface area contributed by atoms with Gasteiger partial charge in [-0.1, -0.05) is 6.92 Å². The second-order valence-electron chi connectivity index (χ2n) is 3.17. The third-order valence-electron chi connectivity index (χ3n) is 2.12. The van der Waals surface area contributed by atoms with Crippen LogP contribution in [0.3, 0.4) is 0 Å². The summed E-state index contributed by atoms with van der Waals surface area (Å²) in [5.74, 6) is 1.35. The first-order chi connectivity index (χ1) is 4.74. The van der Waals surface area contributed by atoms with Gasteiger partial charge in [-0.25, -0.2) is 0 Å². The van der Waals surface area contributed by atoms with Gasteiger partial charge in [0, 0.05) is 13.0 Å². The van der Waals surface area contributed by atoms with Crippen LogP contribution in [0, 0.1) is 11.8 Å². The SMILES string of the molecule is COCC(=O)C1CC(C)C1. The highest BCUT2D eigenvalue weighted by molar-refractivity contribution is 5.82. The highest BCUT2D eigenvalue weighted by Gasteiger charge is 2.30. The van der Waals surface area contributed by atoms with Gasteiger partial charge in [0.2, 0.25) is 0 Å². The largest absolute Gasteiger partial charge is 0.377 e. The standard InChI is InChI=1S/C8H14O2/c1-6-3-7(4-6)8(9)5-10-2/h6-7H,3-5H2,1-2H3. The van der Waals surface area contributed by atoms with Crippen molar-refractivity contribution in [1.29, 1.82) is 0 Å². The van der Waals surface area contributed by atoms with Gasteiger partial charge in [0.1, 0.15) is 6.61 Å². The molecule has 0 aliphatic heterocycles. The van der Waals surface area contributed by atoms with E-state index in [1.54, 1.807) is 7.11 Å². The number of rotatable bonds is 3. The third-order valence-corrected chi connectivity index (χ3v) is 2.12. The predicted octanol–water partition coefficient (Wildman–Crippen LogP) is 1.25. The fraction of sp³-hybridized carbons (Fsp3) is 0.875. The molecule has 0 radical (unpaired) electrons. The van der Waals surface area contributed by atoms with Crippen LogP contribution in [-0.4, -0.2) is 19.5 Å². The fourth-order valence-corrected chi connectivity index (χ4v) is 1.43. The molecule has 0 spiro atoms. The summed E-state index contributed by atoms with van der Waals surface area (Å²) in [4.78, 5) is 11.0. The Labute approximate surface area is 61.6 Å². The molecule has 0 aromatic carbocycles. The Hall–Kier alpha value is -0.370. The van der Waals surface area contributed by atoms with Crippen molar-refractivity contribution < 1.29 is 9.53 Å². The molecular weight excluding hydrogens is 128 g/mol. The third kappa shape index (κ3) is 1.57. The molecule has 0 aromatic rings. The van der Waals surface area contributed by atoms with Crippen molar-refractivity contribution in [3.63, 3.8) is 0 Å². The maximum Gasteiger partial charge on any atom is 0.161 e. The van der Waals surface area contributed by atoms with Crippen LogP contribution in [-0.2, 0) is 9.53 Å². The summed E-state index contributed by atoms with van der Waals surface area (Å²) in [5.41, 5.74) is 0. The molecule has 1 fully saturated rings. The summed E-state index contributed by atoms with van der Waals surface area (Å²) < 4.78 is 4.75. The monoisotopic (exact) mass is 142 g/mol. The Kier molecular flexibility index (Phi) is 2.44. The van der Waals surface area contributed by atoms with Gasteiger partial charge in [-0.15, -0.1) is 0 Å². The van der Waals surface area contributed by atoms with Crippen LogP contribution in [0.4, 0.5) is 0 Å². The Morgan fingerprint density at radius 3 is 2.60 bits per heavy atom. The fourth-order valence-electron chi connectivity index (χ4n) is 1.43. The van der Waals surface area contributed by atoms with Crippen molar-refractivity contribution in [2.45, 2.75) is 19.8 Å². The van der Waals surface area contributed by atoms with Gasteiger partial charge in [0.05, 0.1) is 0 Å². The Bertz CT molecular complexity index is 125. The lowest BCUT2D eigenvalue weighted by molar-refractivity contribution is -0.130. The number of hydrogen-bond acceptors (Lipinski definition) is 2. The molecule has 0 saturated heterocycles. The van der Waals surface area contributed by atoms with Gasteiger partial charge >= 0.3 is 0 Å². The molecule has 2 heteroatoms. The summed E-state index contributed by atoms with van der Waals surface area (Å²) in [6.45, 7) is 2.48. The first-order valence-corrected chi connectivity index (χ1v) is 3.75. The normalized spacial score (nSPS) is 31.4. The molecule has 1 rings (SSSR count). The van der Waals surface area contributed by atoms with Crippen LogP contribution in [0.2, 0.25) is 0 Å². The zero-order chi connectivity index (χ0) is 7.56. The number of ketones is 1. The minimum absolute atomic E-state index is 0.278. The van der Waals surface area contributed by atoms with Crippen LogP contribution >= 0.6 is 0 Å². The summed E-state index contributed by atoms with van der Waals surface area (Å²) in [5, 5.41) is 0. The molecule has 58 valence electrons. The van der Waals surface area contributed by atoms with Gasteiger partial charge in [0.15, 0.2) is 5.78 Å².